The minimum absolute atomic E-state index is 0.229. The van der Waals surface area contributed by atoms with Crippen LogP contribution in [-0.2, 0) is 6.42 Å². The van der Waals surface area contributed by atoms with E-state index in [1.807, 2.05) is 6.20 Å². The highest BCUT2D eigenvalue weighted by atomic mass is 79.9. The Bertz CT molecular complexity index is 440. The summed E-state index contributed by atoms with van der Waals surface area (Å²) in [6.07, 6.45) is 9.05. The minimum Gasteiger partial charge on any atom is -0.392 e. The Labute approximate surface area is 123 Å². The predicted octanol–water partition coefficient (Wildman–Crippen LogP) is 2.62. The zero-order valence-electron chi connectivity index (χ0n) is 11.3. The maximum Gasteiger partial charge on any atom is 0.0610 e. The van der Waals surface area contributed by atoms with Gasteiger partial charge in [0.1, 0.15) is 0 Å². The van der Waals surface area contributed by atoms with E-state index < -0.39 is 0 Å². The average Bonchev–Trinajstić information content (AvgIpc) is 2.62. The van der Waals surface area contributed by atoms with Gasteiger partial charge in [-0.05, 0) is 66.2 Å². The molecule has 0 saturated carbocycles. The van der Waals surface area contributed by atoms with Crippen LogP contribution in [0.1, 0.15) is 31.2 Å². The van der Waals surface area contributed by atoms with Crippen molar-refractivity contribution in [2.24, 2.45) is 5.92 Å². The summed E-state index contributed by atoms with van der Waals surface area (Å²) in [5.74, 6) is 0.452. The fourth-order valence-corrected chi connectivity index (χ4v) is 4.16. The highest BCUT2D eigenvalue weighted by molar-refractivity contribution is 9.10. The van der Waals surface area contributed by atoms with Crippen LogP contribution in [0, 0.1) is 5.92 Å². The third kappa shape index (κ3) is 2.86. The largest absolute Gasteiger partial charge is 0.392 e. The van der Waals surface area contributed by atoms with Crippen LogP contribution < -0.4 is 0 Å². The number of rotatable bonds is 3. The van der Waals surface area contributed by atoms with Crippen molar-refractivity contribution in [3.63, 3.8) is 0 Å². The zero-order chi connectivity index (χ0) is 13.4. The summed E-state index contributed by atoms with van der Waals surface area (Å²) in [7, 11) is 2.24. The van der Waals surface area contributed by atoms with E-state index in [4.69, 9.17) is 0 Å². The number of aliphatic hydroxyl groups is 1. The van der Waals surface area contributed by atoms with Gasteiger partial charge in [-0.3, -0.25) is 4.98 Å². The summed E-state index contributed by atoms with van der Waals surface area (Å²) in [6.45, 7) is 0. The molecule has 0 radical (unpaired) electrons. The number of aromatic nitrogens is 1. The summed E-state index contributed by atoms with van der Waals surface area (Å²) < 4.78 is 0.987. The van der Waals surface area contributed by atoms with E-state index in [9.17, 15) is 5.11 Å². The van der Waals surface area contributed by atoms with Crippen molar-refractivity contribution >= 4 is 15.9 Å². The first-order chi connectivity index (χ1) is 9.13. The Balaban J connectivity index is 1.64. The normalized spacial score (nSPS) is 32.5. The van der Waals surface area contributed by atoms with Gasteiger partial charge < -0.3 is 10.0 Å². The lowest BCUT2D eigenvalue weighted by atomic mass is 9.84. The molecule has 1 aromatic heterocycles. The second-order valence-electron chi connectivity index (χ2n) is 6.06. The van der Waals surface area contributed by atoms with Crippen LogP contribution in [0.2, 0.25) is 0 Å². The molecule has 0 amide bonds. The molecule has 104 valence electrons. The molecule has 0 aliphatic carbocycles. The van der Waals surface area contributed by atoms with E-state index in [0.29, 0.717) is 18.0 Å². The Morgan fingerprint density at radius 2 is 2.05 bits per heavy atom. The number of halogens is 1. The van der Waals surface area contributed by atoms with Gasteiger partial charge in [-0.1, -0.05) is 0 Å². The lowest BCUT2D eigenvalue weighted by Gasteiger charge is -2.38. The average molecular weight is 325 g/mol. The highest BCUT2D eigenvalue weighted by Crippen LogP contribution is 2.39. The predicted molar refractivity (Wildman–Crippen MR) is 78.9 cm³/mol. The molecule has 3 rings (SSSR count). The van der Waals surface area contributed by atoms with E-state index in [-0.39, 0.29) is 6.10 Å². The maximum absolute atomic E-state index is 10.5. The highest BCUT2D eigenvalue weighted by Gasteiger charge is 2.40. The fourth-order valence-electron chi connectivity index (χ4n) is 3.74. The van der Waals surface area contributed by atoms with Gasteiger partial charge in [0.05, 0.1) is 6.10 Å². The summed E-state index contributed by atoms with van der Waals surface area (Å²) in [4.78, 5) is 6.69. The molecule has 2 saturated heterocycles. The van der Waals surface area contributed by atoms with Gasteiger partial charge in [-0.15, -0.1) is 0 Å². The zero-order valence-corrected chi connectivity index (χ0v) is 12.9. The fraction of sp³-hybridized carbons (Fsp3) is 0.667. The van der Waals surface area contributed by atoms with Gasteiger partial charge in [-0.25, -0.2) is 0 Å². The molecule has 1 aromatic rings. The number of nitrogens with zero attached hydrogens (tertiary/aromatic N) is 2. The minimum atomic E-state index is -0.229. The number of hydrogen-bond acceptors (Lipinski definition) is 3. The van der Waals surface area contributed by atoms with Crippen LogP contribution in [0.4, 0.5) is 0 Å². The molecule has 3 unspecified atom stereocenters. The molecule has 0 spiro atoms. The third-order valence-electron chi connectivity index (χ3n) is 4.89. The number of fused-ring (bicyclic) bond motifs is 2. The molecule has 2 aliphatic rings. The summed E-state index contributed by atoms with van der Waals surface area (Å²) >= 11 is 3.43. The van der Waals surface area contributed by atoms with Crippen LogP contribution in [0.3, 0.4) is 0 Å². The quantitative estimate of drug-likeness (QED) is 0.928. The Hall–Kier alpha value is -0.450. The number of hydrogen-bond donors (Lipinski definition) is 1. The second kappa shape index (κ2) is 5.51. The smallest absolute Gasteiger partial charge is 0.0610 e. The molecule has 2 aliphatic heterocycles. The van der Waals surface area contributed by atoms with E-state index >= 15 is 0 Å². The van der Waals surface area contributed by atoms with E-state index in [0.717, 1.165) is 29.3 Å². The van der Waals surface area contributed by atoms with E-state index in [1.165, 1.54) is 12.8 Å². The SMILES string of the molecule is CN1C2CCC1CC(C(O)Cc1cncc(Br)c1)C2. The van der Waals surface area contributed by atoms with Crippen LogP contribution >= 0.6 is 15.9 Å². The van der Waals surface area contributed by atoms with Gasteiger partial charge in [0.2, 0.25) is 0 Å². The molecule has 3 nitrogen and oxygen atoms in total. The van der Waals surface area contributed by atoms with Gasteiger partial charge >= 0.3 is 0 Å². The van der Waals surface area contributed by atoms with E-state index in [2.05, 4.69) is 38.9 Å². The van der Waals surface area contributed by atoms with Crippen molar-refractivity contribution in [2.75, 3.05) is 7.05 Å². The lowest BCUT2D eigenvalue weighted by Crippen LogP contribution is -2.43. The van der Waals surface area contributed by atoms with Crippen LogP contribution in [0.25, 0.3) is 0 Å². The number of piperidine rings is 1. The van der Waals surface area contributed by atoms with Gasteiger partial charge in [-0.2, -0.15) is 0 Å². The second-order valence-corrected chi connectivity index (χ2v) is 6.98. The summed E-state index contributed by atoms with van der Waals surface area (Å²) in [5, 5.41) is 10.5. The van der Waals surface area contributed by atoms with Gasteiger partial charge in [0.25, 0.3) is 0 Å². The van der Waals surface area contributed by atoms with Gasteiger partial charge in [0.15, 0.2) is 0 Å². The Morgan fingerprint density at radius 1 is 1.37 bits per heavy atom. The Morgan fingerprint density at radius 3 is 2.68 bits per heavy atom. The first-order valence-electron chi connectivity index (χ1n) is 7.13. The molecular weight excluding hydrogens is 304 g/mol. The lowest BCUT2D eigenvalue weighted by molar-refractivity contribution is 0.0367. The first-order valence-corrected chi connectivity index (χ1v) is 7.92. The van der Waals surface area contributed by atoms with E-state index in [1.54, 1.807) is 6.20 Å². The third-order valence-corrected chi connectivity index (χ3v) is 5.32. The topological polar surface area (TPSA) is 36.4 Å². The van der Waals surface area contributed by atoms with Crippen molar-refractivity contribution in [1.82, 2.24) is 9.88 Å². The summed E-state index contributed by atoms with van der Waals surface area (Å²) in [5.41, 5.74) is 1.12. The molecule has 2 bridgehead atoms. The van der Waals surface area contributed by atoms with Crippen molar-refractivity contribution in [3.8, 4) is 0 Å². The van der Waals surface area contributed by atoms with Crippen molar-refractivity contribution < 1.29 is 5.11 Å². The maximum atomic E-state index is 10.5. The number of aliphatic hydroxyl groups excluding tert-OH is 1. The van der Waals surface area contributed by atoms with Crippen LogP contribution in [-0.4, -0.2) is 40.2 Å². The van der Waals surface area contributed by atoms with Gasteiger partial charge in [0, 0.05) is 35.4 Å². The van der Waals surface area contributed by atoms with Crippen molar-refractivity contribution in [2.45, 2.75) is 50.3 Å². The summed E-state index contributed by atoms with van der Waals surface area (Å²) in [6, 6.07) is 3.44. The standard InChI is InChI=1S/C15H21BrN2O/c1-18-13-2-3-14(18)7-11(6-13)15(19)5-10-4-12(16)9-17-8-10/h4,8-9,11,13-15,19H,2-3,5-7H2,1H3. The molecule has 0 aromatic carbocycles. The monoisotopic (exact) mass is 324 g/mol. The van der Waals surface area contributed by atoms with Crippen molar-refractivity contribution in [3.05, 3.63) is 28.5 Å². The Kier molecular flexibility index (Phi) is 3.92. The van der Waals surface area contributed by atoms with Crippen LogP contribution in [0.5, 0.6) is 0 Å². The molecule has 4 heteroatoms. The first kappa shape index (κ1) is 13.5. The number of pyridine rings is 1. The van der Waals surface area contributed by atoms with Crippen LogP contribution in [0.15, 0.2) is 22.9 Å². The van der Waals surface area contributed by atoms with Crippen molar-refractivity contribution in [1.29, 1.82) is 0 Å². The molecular formula is C15H21BrN2O. The molecule has 2 fully saturated rings. The molecule has 3 heterocycles. The molecule has 3 atom stereocenters. The molecule has 19 heavy (non-hydrogen) atoms. The molecule has 1 N–H and O–H groups in total.